The number of hydrogen-bond donors (Lipinski definition) is 2. The third kappa shape index (κ3) is 2.87. The van der Waals surface area contributed by atoms with Gasteiger partial charge in [0.1, 0.15) is 5.54 Å². The lowest BCUT2D eigenvalue weighted by atomic mass is 9.90. The van der Waals surface area contributed by atoms with E-state index in [1.807, 2.05) is 4.90 Å². The minimum absolute atomic E-state index is 0.159. The highest BCUT2D eigenvalue weighted by Crippen LogP contribution is 2.38. The van der Waals surface area contributed by atoms with Crippen LogP contribution >= 0.6 is 0 Å². The molecule has 2 saturated carbocycles. The minimum Gasteiger partial charge on any atom is -0.480 e. The Morgan fingerprint density at radius 1 is 0.952 bits per heavy atom. The van der Waals surface area contributed by atoms with Gasteiger partial charge in [-0.05, 0) is 37.5 Å². The van der Waals surface area contributed by atoms with E-state index in [1.54, 1.807) is 0 Å². The molecule has 118 valence electrons. The topological polar surface area (TPSA) is 69.6 Å². The van der Waals surface area contributed by atoms with Crippen molar-refractivity contribution in [3.05, 3.63) is 0 Å². The van der Waals surface area contributed by atoms with E-state index in [0.29, 0.717) is 24.7 Å². The Kier molecular flexibility index (Phi) is 4.09. The number of nitrogens with one attached hydrogen (secondary N) is 1. The first kappa shape index (κ1) is 14.7. The molecule has 1 saturated heterocycles. The Balaban J connectivity index is 1.65. The van der Waals surface area contributed by atoms with Gasteiger partial charge in [0.25, 0.3) is 0 Å². The maximum absolute atomic E-state index is 12.5. The molecular weight excluding hydrogens is 268 g/mol. The van der Waals surface area contributed by atoms with Gasteiger partial charge in [-0.15, -0.1) is 0 Å². The first-order valence-electron chi connectivity index (χ1n) is 8.41. The van der Waals surface area contributed by atoms with Crippen LogP contribution in [0.1, 0.15) is 57.8 Å². The summed E-state index contributed by atoms with van der Waals surface area (Å²) in [5, 5.41) is 12.5. The van der Waals surface area contributed by atoms with Crippen molar-refractivity contribution in [3.8, 4) is 0 Å². The summed E-state index contributed by atoms with van der Waals surface area (Å²) in [7, 11) is 0. The van der Waals surface area contributed by atoms with Crippen molar-refractivity contribution >= 4 is 12.0 Å². The standard InChI is InChI=1S/C16H26N2O3/c19-14(20)16(8-3-1-2-4-9-16)17-15(21)18-10-12-6-5-7-13(12)11-18/h12-13H,1-11H2,(H,17,21)(H,19,20). The summed E-state index contributed by atoms with van der Waals surface area (Å²) in [4.78, 5) is 26.1. The van der Waals surface area contributed by atoms with Gasteiger partial charge in [0.15, 0.2) is 0 Å². The zero-order valence-electron chi connectivity index (χ0n) is 12.6. The molecule has 0 aromatic rings. The molecule has 3 fully saturated rings. The molecule has 1 aliphatic heterocycles. The number of fused-ring (bicyclic) bond motifs is 1. The number of nitrogens with zero attached hydrogens (tertiary/aromatic N) is 1. The highest BCUT2D eigenvalue weighted by molar-refractivity contribution is 5.86. The fourth-order valence-electron chi connectivity index (χ4n) is 4.41. The molecule has 0 aromatic carbocycles. The first-order chi connectivity index (χ1) is 10.1. The summed E-state index contributed by atoms with van der Waals surface area (Å²) < 4.78 is 0. The maximum Gasteiger partial charge on any atom is 0.329 e. The molecule has 5 nitrogen and oxygen atoms in total. The molecule has 3 aliphatic rings. The van der Waals surface area contributed by atoms with E-state index in [4.69, 9.17) is 0 Å². The van der Waals surface area contributed by atoms with Crippen molar-refractivity contribution in [2.24, 2.45) is 11.8 Å². The van der Waals surface area contributed by atoms with Gasteiger partial charge in [0.2, 0.25) is 0 Å². The van der Waals surface area contributed by atoms with Crippen LogP contribution < -0.4 is 5.32 Å². The van der Waals surface area contributed by atoms with Crippen LogP contribution in [-0.4, -0.2) is 40.6 Å². The Morgan fingerprint density at radius 2 is 1.52 bits per heavy atom. The summed E-state index contributed by atoms with van der Waals surface area (Å²) in [5.41, 5.74) is -1.04. The molecule has 0 aromatic heterocycles. The van der Waals surface area contributed by atoms with Gasteiger partial charge in [0, 0.05) is 13.1 Å². The van der Waals surface area contributed by atoms with E-state index >= 15 is 0 Å². The molecule has 2 N–H and O–H groups in total. The SMILES string of the molecule is O=C(NC1(C(=O)O)CCCCCC1)N1CC2CCCC2C1. The second kappa shape index (κ2) is 5.85. The first-order valence-corrected chi connectivity index (χ1v) is 8.41. The summed E-state index contributed by atoms with van der Waals surface area (Å²) >= 11 is 0. The van der Waals surface area contributed by atoms with Crippen LogP contribution in [0.5, 0.6) is 0 Å². The third-order valence-electron chi connectivity index (χ3n) is 5.73. The number of carbonyl (C=O) groups excluding carboxylic acids is 1. The Morgan fingerprint density at radius 3 is 2.05 bits per heavy atom. The van der Waals surface area contributed by atoms with Crippen LogP contribution in [-0.2, 0) is 4.79 Å². The average Bonchev–Trinajstić information content (AvgIpc) is 2.95. The van der Waals surface area contributed by atoms with Crippen molar-refractivity contribution < 1.29 is 14.7 Å². The smallest absolute Gasteiger partial charge is 0.329 e. The lowest BCUT2D eigenvalue weighted by Gasteiger charge is -2.31. The molecule has 2 amide bonds. The van der Waals surface area contributed by atoms with E-state index in [0.717, 1.165) is 38.8 Å². The summed E-state index contributed by atoms with van der Waals surface area (Å²) in [5.74, 6) is 0.425. The van der Waals surface area contributed by atoms with E-state index in [-0.39, 0.29) is 6.03 Å². The van der Waals surface area contributed by atoms with Crippen LogP contribution in [0.25, 0.3) is 0 Å². The van der Waals surface area contributed by atoms with Gasteiger partial charge < -0.3 is 15.3 Å². The largest absolute Gasteiger partial charge is 0.480 e. The summed E-state index contributed by atoms with van der Waals surface area (Å²) in [6, 6.07) is -0.159. The van der Waals surface area contributed by atoms with Gasteiger partial charge in [0.05, 0.1) is 0 Å². The van der Waals surface area contributed by atoms with Gasteiger partial charge in [-0.1, -0.05) is 32.1 Å². The zero-order chi connectivity index (χ0) is 14.9. The van der Waals surface area contributed by atoms with Crippen molar-refractivity contribution in [1.82, 2.24) is 10.2 Å². The second-order valence-corrected chi connectivity index (χ2v) is 7.09. The van der Waals surface area contributed by atoms with Crippen molar-refractivity contribution in [2.45, 2.75) is 63.3 Å². The quantitative estimate of drug-likeness (QED) is 0.769. The van der Waals surface area contributed by atoms with E-state index in [9.17, 15) is 14.7 Å². The van der Waals surface area contributed by atoms with Crippen LogP contribution in [0.15, 0.2) is 0 Å². The lowest BCUT2D eigenvalue weighted by molar-refractivity contribution is -0.145. The lowest BCUT2D eigenvalue weighted by Crippen LogP contribution is -2.57. The monoisotopic (exact) mass is 294 g/mol. The second-order valence-electron chi connectivity index (χ2n) is 7.09. The van der Waals surface area contributed by atoms with Crippen LogP contribution in [0, 0.1) is 11.8 Å². The number of hydrogen-bond acceptors (Lipinski definition) is 2. The van der Waals surface area contributed by atoms with Crippen molar-refractivity contribution in [1.29, 1.82) is 0 Å². The molecule has 5 heteroatoms. The van der Waals surface area contributed by atoms with Crippen molar-refractivity contribution in [3.63, 3.8) is 0 Å². The third-order valence-corrected chi connectivity index (χ3v) is 5.73. The number of carboxylic acids is 1. The number of carbonyl (C=O) groups is 2. The molecule has 21 heavy (non-hydrogen) atoms. The van der Waals surface area contributed by atoms with E-state index in [2.05, 4.69) is 5.32 Å². The fraction of sp³-hybridized carbons (Fsp3) is 0.875. The van der Waals surface area contributed by atoms with Crippen LogP contribution in [0.2, 0.25) is 0 Å². The van der Waals surface area contributed by atoms with E-state index < -0.39 is 11.5 Å². The Hall–Kier alpha value is -1.26. The predicted molar refractivity (Wildman–Crippen MR) is 79.0 cm³/mol. The number of likely N-dealkylation sites (tertiary alicyclic amines) is 1. The zero-order valence-corrected chi connectivity index (χ0v) is 12.6. The molecule has 0 bridgehead atoms. The molecule has 1 heterocycles. The summed E-state index contributed by atoms with van der Waals surface area (Å²) in [6.45, 7) is 1.62. The highest BCUT2D eigenvalue weighted by atomic mass is 16.4. The molecule has 3 rings (SSSR count). The van der Waals surface area contributed by atoms with Crippen LogP contribution in [0.3, 0.4) is 0 Å². The Labute approximate surface area is 126 Å². The van der Waals surface area contributed by atoms with Gasteiger partial charge in [-0.3, -0.25) is 0 Å². The van der Waals surface area contributed by atoms with E-state index in [1.165, 1.54) is 19.3 Å². The van der Waals surface area contributed by atoms with Crippen LogP contribution in [0.4, 0.5) is 4.79 Å². The van der Waals surface area contributed by atoms with Gasteiger partial charge in [-0.25, -0.2) is 9.59 Å². The highest BCUT2D eigenvalue weighted by Gasteiger charge is 2.43. The number of amides is 2. The summed E-state index contributed by atoms with van der Waals surface area (Å²) in [6.07, 6.45) is 8.76. The van der Waals surface area contributed by atoms with Crippen molar-refractivity contribution in [2.75, 3.05) is 13.1 Å². The van der Waals surface area contributed by atoms with Gasteiger partial charge in [-0.2, -0.15) is 0 Å². The number of urea groups is 1. The predicted octanol–water partition coefficient (Wildman–Crippen LogP) is 2.61. The maximum atomic E-state index is 12.5. The molecule has 0 radical (unpaired) electrons. The molecule has 2 atom stereocenters. The number of rotatable bonds is 2. The number of aliphatic carboxylic acids is 1. The minimum atomic E-state index is -1.04. The fourth-order valence-corrected chi connectivity index (χ4v) is 4.41. The normalized spacial score (nSPS) is 31.5. The average molecular weight is 294 g/mol. The number of carboxylic acid groups (broad SMARTS) is 1. The van der Waals surface area contributed by atoms with Gasteiger partial charge >= 0.3 is 12.0 Å². The molecule has 2 aliphatic carbocycles. The molecular formula is C16H26N2O3. The molecule has 2 unspecified atom stereocenters. The Bertz CT molecular complexity index is 404. The molecule has 0 spiro atoms.